The lowest BCUT2D eigenvalue weighted by atomic mass is 9.95. The van der Waals surface area contributed by atoms with Gasteiger partial charge in [0.1, 0.15) is 0 Å². The van der Waals surface area contributed by atoms with Crippen LogP contribution in [0.25, 0.3) is 0 Å². The van der Waals surface area contributed by atoms with Crippen molar-refractivity contribution in [3.05, 3.63) is 0 Å². The van der Waals surface area contributed by atoms with Gasteiger partial charge < -0.3 is 11.1 Å². The van der Waals surface area contributed by atoms with E-state index in [9.17, 15) is 13.2 Å². The Kier molecular flexibility index (Phi) is 4.81. The molecular weight excluding hydrogens is 266 g/mol. The third-order valence-electron chi connectivity index (χ3n) is 4.16. The molecule has 2 atom stereocenters. The summed E-state index contributed by atoms with van der Waals surface area (Å²) >= 11 is 0. The van der Waals surface area contributed by atoms with Crippen molar-refractivity contribution in [3.63, 3.8) is 0 Å². The van der Waals surface area contributed by atoms with Crippen LogP contribution in [0.15, 0.2) is 0 Å². The molecule has 0 bridgehead atoms. The summed E-state index contributed by atoms with van der Waals surface area (Å²) in [5.41, 5.74) is 5.66. The SMILES string of the molecule is NC[C@H]1CCC[C@H]1C(=O)NCCN1CCCS1(=O)=O. The first-order valence-electron chi connectivity index (χ1n) is 7.00. The zero-order valence-electron chi connectivity index (χ0n) is 11.2. The standard InChI is InChI=1S/C12H23N3O3S/c13-9-10-3-1-4-11(10)12(16)14-5-7-15-6-2-8-19(15,17)18/h10-11H,1-9,13H2,(H,14,16)/t10-,11-/m1/s1. The Hall–Kier alpha value is -0.660. The maximum absolute atomic E-state index is 12.0. The van der Waals surface area contributed by atoms with Gasteiger partial charge >= 0.3 is 0 Å². The van der Waals surface area contributed by atoms with Crippen LogP contribution in [0.4, 0.5) is 0 Å². The molecule has 3 N–H and O–H groups in total. The molecule has 1 amide bonds. The summed E-state index contributed by atoms with van der Waals surface area (Å²) in [6.07, 6.45) is 3.67. The molecule has 2 aliphatic rings. The number of hydrogen-bond acceptors (Lipinski definition) is 4. The van der Waals surface area contributed by atoms with E-state index >= 15 is 0 Å². The van der Waals surface area contributed by atoms with Crippen LogP contribution >= 0.6 is 0 Å². The Bertz CT molecular complexity index is 424. The molecule has 2 fully saturated rings. The van der Waals surface area contributed by atoms with Crippen LogP contribution in [-0.4, -0.2) is 50.6 Å². The van der Waals surface area contributed by atoms with Gasteiger partial charge in [-0.15, -0.1) is 0 Å². The lowest BCUT2D eigenvalue weighted by molar-refractivity contribution is -0.125. The van der Waals surface area contributed by atoms with Crippen LogP contribution < -0.4 is 11.1 Å². The van der Waals surface area contributed by atoms with E-state index in [-0.39, 0.29) is 23.5 Å². The third-order valence-corrected chi connectivity index (χ3v) is 6.12. The second-order valence-corrected chi connectivity index (χ2v) is 7.48. The number of amides is 1. The van der Waals surface area contributed by atoms with Gasteiger partial charge in [-0.05, 0) is 31.7 Å². The monoisotopic (exact) mass is 289 g/mol. The molecule has 110 valence electrons. The zero-order valence-corrected chi connectivity index (χ0v) is 12.0. The third kappa shape index (κ3) is 3.46. The molecule has 0 unspecified atom stereocenters. The predicted molar refractivity (Wildman–Crippen MR) is 72.9 cm³/mol. The van der Waals surface area contributed by atoms with E-state index in [1.807, 2.05) is 0 Å². The topological polar surface area (TPSA) is 92.5 Å². The molecule has 1 aliphatic carbocycles. The Morgan fingerprint density at radius 2 is 2.11 bits per heavy atom. The first-order valence-corrected chi connectivity index (χ1v) is 8.61. The fourth-order valence-electron chi connectivity index (χ4n) is 3.04. The van der Waals surface area contributed by atoms with Crippen LogP contribution in [0.5, 0.6) is 0 Å². The van der Waals surface area contributed by atoms with Gasteiger partial charge in [0.2, 0.25) is 15.9 Å². The fraction of sp³-hybridized carbons (Fsp3) is 0.917. The van der Waals surface area contributed by atoms with E-state index in [2.05, 4.69) is 5.32 Å². The maximum atomic E-state index is 12.0. The highest BCUT2D eigenvalue weighted by Gasteiger charge is 2.32. The highest BCUT2D eigenvalue weighted by atomic mass is 32.2. The molecule has 1 heterocycles. The molecule has 1 aliphatic heterocycles. The minimum absolute atomic E-state index is 0.0141. The van der Waals surface area contributed by atoms with Gasteiger partial charge in [0.15, 0.2) is 0 Å². The average Bonchev–Trinajstić information content (AvgIpc) is 2.95. The predicted octanol–water partition coefficient (Wildman–Crippen LogP) is -0.487. The second kappa shape index (κ2) is 6.19. The summed E-state index contributed by atoms with van der Waals surface area (Å²) in [4.78, 5) is 12.0. The van der Waals surface area contributed by atoms with Crippen molar-refractivity contribution in [1.82, 2.24) is 9.62 Å². The number of nitrogens with two attached hydrogens (primary N) is 1. The lowest BCUT2D eigenvalue weighted by Gasteiger charge is -2.19. The lowest BCUT2D eigenvalue weighted by Crippen LogP contribution is -2.40. The Labute approximate surface area is 114 Å². The van der Waals surface area contributed by atoms with Crippen LogP contribution in [0.2, 0.25) is 0 Å². The van der Waals surface area contributed by atoms with Gasteiger partial charge in [-0.3, -0.25) is 4.79 Å². The van der Waals surface area contributed by atoms with E-state index in [1.165, 1.54) is 4.31 Å². The number of carbonyl (C=O) groups excluding carboxylic acids is 1. The van der Waals surface area contributed by atoms with Crippen molar-refractivity contribution in [1.29, 1.82) is 0 Å². The number of nitrogens with zero attached hydrogens (tertiary/aromatic N) is 1. The minimum atomic E-state index is -3.06. The van der Waals surface area contributed by atoms with Crippen LogP contribution in [0.3, 0.4) is 0 Å². The van der Waals surface area contributed by atoms with E-state index in [4.69, 9.17) is 5.73 Å². The molecule has 1 saturated carbocycles. The molecular formula is C12H23N3O3S. The minimum Gasteiger partial charge on any atom is -0.355 e. The number of sulfonamides is 1. The van der Waals surface area contributed by atoms with Crippen LogP contribution in [0.1, 0.15) is 25.7 Å². The summed E-state index contributed by atoms with van der Waals surface area (Å²) in [6.45, 7) is 1.91. The van der Waals surface area contributed by atoms with Crippen molar-refractivity contribution >= 4 is 15.9 Å². The number of nitrogens with one attached hydrogen (secondary N) is 1. The first kappa shape index (κ1) is 14.7. The molecule has 6 nitrogen and oxygen atoms in total. The quantitative estimate of drug-likeness (QED) is 0.714. The Morgan fingerprint density at radius 1 is 1.32 bits per heavy atom. The summed E-state index contributed by atoms with van der Waals surface area (Å²) in [5, 5.41) is 2.85. The highest BCUT2D eigenvalue weighted by molar-refractivity contribution is 7.89. The van der Waals surface area contributed by atoms with Gasteiger partial charge in [0, 0.05) is 25.6 Å². The van der Waals surface area contributed by atoms with Gasteiger partial charge in [-0.25, -0.2) is 12.7 Å². The van der Waals surface area contributed by atoms with E-state index in [0.717, 1.165) is 19.3 Å². The largest absolute Gasteiger partial charge is 0.355 e. The van der Waals surface area contributed by atoms with Gasteiger partial charge in [0.25, 0.3) is 0 Å². The van der Waals surface area contributed by atoms with Crippen LogP contribution in [0, 0.1) is 11.8 Å². The van der Waals surface area contributed by atoms with E-state index < -0.39 is 10.0 Å². The Balaban J connectivity index is 1.75. The van der Waals surface area contributed by atoms with Crippen molar-refractivity contribution in [2.75, 3.05) is 31.9 Å². The smallest absolute Gasteiger partial charge is 0.223 e. The number of carbonyl (C=O) groups is 1. The van der Waals surface area contributed by atoms with Gasteiger partial charge in [0.05, 0.1) is 5.75 Å². The molecule has 0 spiro atoms. The summed E-state index contributed by atoms with van der Waals surface area (Å²) in [5.74, 6) is 0.569. The van der Waals surface area contributed by atoms with Crippen molar-refractivity contribution in [3.8, 4) is 0 Å². The summed E-state index contributed by atoms with van der Waals surface area (Å²) in [7, 11) is -3.06. The van der Waals surface area contributed by atoms with Gasteiger partial charge in [-0.2, -0.15) is 0 Å². The molecule has 0 aromatic rings. The normalized spacial score (nSPS) is 30.6. The Morgan fingerprint density at radius 3 is 2.74 bits per heavy atom. The van der Waals surface area contributed by atoms with Crippen molar-refractivity contribution in [2.45, 2.75) is 25.7 Å². The van der Waals surface area contributed by atoms with Crippen LogP contribution in [-0.2, 0) is 14.8 Å². The maximum Gasteiger partial charge on any atom is 0.223 e. The molecule has 0 aromatic carbocycles. The van der Waals surface area contributed by atoms with E-state index in [0.29, 0.717) is 32.6 Å². The number of rotatable bonds is 5. The highest BCUT2D eigenvalue weighted by Crippen LogP contribution is 2.30. The van der Waals surface area contributed by atoms with Crippen molar-refractivity contribution in [2.24, 2.45) is 17.6 Å². The van der Waals surface area contributed by atoms with Crippen molar-refractivity contribution < 1.29 is 13.2 Å². The molecule has 19 heavy (non-hydrogen) atoms. The molecule has 2 rings (SSSR count). The molecule has 1 saturated heterocycles. The molecule has 0 aromatic heterocycles. The van der Waals surface area contributed by atoms with E-state index in [1.54, 1.807) is 0 Å². The number of hydrogen-bond donors (Lipinski definition) is 2. The summed E-state index contributed by atoms with van der Waals surface area (Å²) < 4.78 is 24.6. The average molecular weight is 289 g/mol. The first-order chi connectivity index (χ1) is 9.04. The summed E-state index contributed by atoms with van der Waals surface area (Å²) in [6, 6.07) is 0. The molecule has 7 heteroatoms. The second-order valence-electron chi connectivity index (χ2n) is 5.39. The van der Waals surface area contributed by atoms with Gasteiger partial charge in [-0.1, -0.05) is 6.42 Å². The fourth-order valence-corrected chi connectivity index (χ4v) is 4.57. The zero-order chi connectivity index (χ0) is 13.9. The molecule has 0 radical (unpaired) electrons.